The number of likely N-dealkylation sites (N-methyl/N-ethyl adjacent to an activating group) is 1. The molecule has 0 aliphatic rings. The Morgan fingerprint density at radius 3 is 2.90 bits per heavy atom. The highest BCUT2D eigenvalue weighted by atomic mass is 32.1. The second-order valence-corrected chi connectivity index (χ2v) is 4.94. The molecule has 0 aliphatic carbocycles. The van der Waals surface area contributed by atoms with Gasteiger partial charge in [-0.05, 0) is 25.3 Å². The molecule has 0 aliphatic heterocycles. The summed E-state index contributed by atoms with van der Waals surface area (Å²) < 4.78 is 0. The van der Waals surface area contributed by atoms with Gasteiger partial charge in [-0.3, -0.25) is 9.59 Å². The van der Waals surface area contributed by atoms with Gasteiger partial charge in [-0.25, -0.2) is 0 Å². The van der Waals surface area contributed by atoms with Crippen molar-refractivity contribution >= 4 is 23.2 Å². The molecule has 1 aromatic heterocycles. The monoisotopic (exact) mass is 294 g/mol. The lowest BCUT2D eigenvalue weighted by molar-refractivity contribution is -0.122. The Labute approximate surface area is 122 Å². The van der Waals surface area contributed by atoms with E-state index in [0.717, 1.165) is 0 Å². The molecule has 1 atom stereocenters. The number of nitrogens with one attached hydrogen (secondary N) is 2. The maximum atomic E-state index is 12.1. The highest BCUT2D eigenvalue weighted by Gasteiger charge is 2.18. The predicted molar refractivity (Wildman–Crippen MR) is 78.5 cm³/mol. The number of amides is 2. The van der Waals surface area contributed by atoms with Crippen LogP contribution in [0.15, 0.2) is 11.4 Å². The summed E-state index contributed by atoms with van der Waals surface area (Å²) >= 11 is 1.27. The summed E-state index contributed by atoms with van der Waals surface area (Å²) in [5, 5.41) is 15.7. The van der Waals surface area contributed by atoms with Gasteiger partial charge in [0.25, 0.3) is 5.91 Å². The first kappa shape index (κ1) is 16.2. The van der Waals surface area contributed by atoms with Gasteiger partial charge in [0.2, 0.25) is 5.91 Å². The average molecular weight is 294 g/mol. The summed E-state index contributed by atoms with van der Waals surface area (Å²) in [6, 6.07) is 1.16. The van der Waals surface area contributed by atoms with E-state index in [1.807, 2.05) is 6.92 Å². The third-order valence-electron chi connectivity index (χ3n) is 2.42. The number of hydrogen-bond donors (Lipinski definition) is 3. The quantitative estimate of drug-likeness (QED) is 0.701. The van der Waals surface area contributed by atoms with E-state index in [9.17, 15) is 9.59 Å². The number of carbonyl (C=O) groups excluding carboxylic acids is 2. The van der Waals surface area contributed by atoms with Gasteiger partial charge in [0.15, 0.2) is 0 Å². The largest absolute Gasteiger partial charge is 0.395 e. The van der Waals surface area contributed by atoms with Gasteiger partial charge >= 0.3 is 0 Å². The lowest BCUT2D eigenvalue weighted by Gasteiger charge is -2.12. The number of rotatable bonds is 5. The zero-order valence-electron chi connectivity index (χ0n) is 11.5. The van der Waals surface area contributed by atoms with Gasteiger partial charge in [0.1, 0.15) is 10.9 Å². The minimum absolute atomic E-state index is 0.00705. The number of aliphatic hydroxyl groups is 1. The molecular formula is C14H18N2O3S. The number of carbonyl (C=O) groups is 2. The number of thiophene rings is 1. The van der Waals surface area contributed by atoms with Crippen LogP contribution in [0, 0.1) is 11.8 Å². The van der Waals surface area contributed by atoms with Crippen molar-refractivity contribution in [3.8, 4) is 11.8 Å². The molecule has 3 N–H and O–H groups in total. The van der Waals surface area contributed by atoms with Gasteiger partial charge < -0.3 is 15.7 Å². The molecule has 0 radical (unpaired) electrons. The molecule has 1 aromatic rings. The molecule has 1 rings (SSSR count). The van der Waals surface area contributed by atoms with E-state index >= 15 is 0 Å². The van der Waals surface area contributed by atoms with E-state index in [1.165, 1.54) is 11.3 Å². The van der Waals surface area contributed by atoms with E-state index in [0.29, 0.717) is 23.4 Å². The highest BCUT2D eigenvalue weighted by molar-refractivity contribution is 7.12. The third-order valence-corrected chi connectivity index (χ3v) is 3.34. The summed E-state index contributed by atoms with van der Waals surface area (Å²) in [5.41, 5.74) is 0.615. The van der Waals surface area contributed by atoms with Crippen molar-refractivity contribution in [2.75, 3.05) is 13.2 Å². The van der Waals surface area contributed by atoms with Crippen molar-refractivity contribution in [2.24, 2.45) is 0 Å². The molecular weight excluding hydrogens is 276 g/mol. The molecule has 5 nitrogen and oxygen atoms in total. The van der Waals surface area contributed by atoms with Crippen LogP contribution < -0.4 is 10.6 Å². The van der Waals surface area contributed by atoms with Crippen LogP contribution in [0.25, 0.3) is 0 Å². The lowest BCUT2D eigenvalue weighted by atomic mass is 10.2. The summed E-state index contributed by atoms with van der Waals surface area (Å²) in [6.07, 6.45) is 0.367. The zero-order valence-corrected chi connectivity index (χ0v) is 12.3. The van der Waals surface area contributed by atoms with E-state index in [1.54, 1.807) is 18.4 Å². The van der Waals surface area contributed by atoms with Crippen LogP contribution in [0.2, 0.25) is 0 Å². The van der Waals surface area contributed by atoms with Gasteiger partial charge in [-0.1, -0.05) is 11.8 Å². The topological polar surface area (TPSA) is 78.4 Å². The Hall–Kier alpha value is -1.84. The molecule has 1 heterocycles. The first-order chi connectivity index (χ1) is 9.60. The Morgan fingerprint density at radius 2 is 2.25 bits per heavy atom. The first-order valence-electron chi connectivity index (χ1n) is 6.36. The predicted octanol–water partition coefficient (Wildman–Crippen LogP) is 0.736. The fourth-order valence-electron chi connectivity index (χ4n) is 1.45. The summed E-state index contributed by atoms with van der Waals surface area (Å²) in [6.45, 7) is 3.97. The maximum absolute atomic E-state index is 12.1. The second kappa shape index (κ2) is 8.35. The van der Waals surface area contributed by atoms with Crippen molar-refractivity contribution in [1.29, 1.82) is 0 Å². The molecule has 0 saturated carbocycles. The minimum atomic E-state index is -0.595. The lowest BCUT2D eigenvalue weighted by Crippen LogP contribution is -2.44. The second-order valence-electron chi connectivity index (χ2n) is 4.03. The molecule has 2 amide bonds. The summed E-state index contributed by atoms with van der Waals surface area (Å²) in [5.74, 6) is 5.09. The van der Waals surface area contributed by atoms with Crippen molar-refractivity contribution in [1.82, 2.24) is 10.6 Å². The standard InChI is InChI=1S/C14H18N2O3S/c1-3-15-13(18)10(2)16-14(19)12-11(7-9-20-12)6-4-5-8-17/h7,9-10,17H,3,5,8H2,1-2H3,(H,15,18)(H,16,19). The van der Waals surface area contributed by atoms with Crippen LogP contribution in [0.5, 0.6) is 0 Å². The van der Waals surface area contributed by atoms with Crippen LogP contribution >= 0.6 is 11.3 Å². The molecule has 1 unspecified atom stereocenters. The van der Waals surface area contributed by atoms with Crippen LogP contribution in [-0.4, -0.2) is 36.1 Å². The van der Waals surface area contributed by atoms with Gasteiger partial charge in [0.05, 0.1) is 6.61 Å². The molecule has 0 aromatic carbocycles. The Kier molecular flexibility index (Phi) is 6.77. The number of hydrogen-bond acceptors (Lipinski definition) is 4. The van der Waals surface area contributed by atoms with Crippen LogP contribution in [-0.2, 0) is 4.79 Å². The third kappa shape index (κ3) is 4.68. The van der Waals surface area contributed by atoms with E-state index < -0.39 is 6.04 Å². The Balaban J connectivity index is 2.72. The van der Waals surface area contributed by atoms with Crippen molar-refractivity contribution in [3.63, 3.8) is 0 Å². The highest BCUT2D eigenvalue weighted by Crippen LogP contribution is 2.15. The minimum Gasteiger partial charge on any atom is -0.395 e. The maximum Gasteiger partial charge on any atom is 0.263 e. The molecule has 20 heavy (non-hydrogen) atoms. The average Bonchev–Trinajstić information content (AvgIpc) is 2.87. The van der Waals surface area contributed by atoms with E-state index in [-0.39, 0.29) is 18.4 Å². The van der Waals surface area contributed by atoms with Crippen LogP contribution in [0.3, 0.4) is 0 Å². The van der Waals surface area contributed by atoms with Gasteiger partial charge in [-0.15, -0.1) is 11.3 Å². The van der Waals surface area contributed by atoms with Crippen molar-refractivity contribution in [3.05, 3.63) is 21.9 Å². The Morgan fingerprint density at radius 1 is 1.50 bits per heavy atom. The zero-order chi connectivity index (χ0) is 15.0. The van der Waals surface area contributed by atoms with Crippen molar-refractivity contribution in [2.45, 2.75) is 26.3 Å². The van der Waals surface area contributed by atoms with Gasteiger partial charge in [0, 0.05) is 18.5 Å². The fraction of sp³-hybridized carbons (Fsp3) is 0.429. The van der Waals surface area contributed by atoms with Crippen LogP contribution in [0.4, 0.5) is 0 Å². The van der Waals surface area contributed by atoms with Crippen LogP contribution in [0.1, 0.15) is 35.5 Å². The molecule has 0 bridgehead atoms. The fourth-order valence-corrected chi connectivity index (χ4v) is 2.20. The number of aliphatic hydroxyl groups excluding tert-OH is 1. The van der Waals surface area contributed by atoms with Gasteiger partial charge in [-0.2, -0.15) is 0 Å². The van der Waals surface area contributed by atoms with E-state index in [4.69, 9.17) is 5.11 Å². The van der Waals surface area contributed by atoms with Crippen molar-refractivity contribution < 1.29 is 14.7 Å². The normalized spacial score (nSPS) is 11.2. The SMILES string of the molecule is CCNC(=O)C(C)NC(=O)c1sccc1C#CCCO. The summed E-state index contributed by atoms with van der Waals surface area (Å²) in [7, 11) is 0. The first-order valence-corrected chi connectivity index (χ1v) is 7.23. The smallest absolute Gasteiger partial charge is 0.263 e. The Bertz CT molecular complexity index is 528. The molecule has 6 heteroatoms. The summed E-state index contributed by atoms with van der Waals surface area (Å²) in [4.78, 5) is 24.1. The molecule has 0 spiro atoms. The molecule has 0 fully saturated rings. The molecule has 108 valence electrons. The van der Waals surface area contributed by atoms with E-state index in [2.05, 4.69) is 22.5 Å². The molecule has 0 saturated heterocycles.